The monoisotopic (exact) mass is 219 g/mol. The maximum Gasteiger partial charge on any atom is 0.185 e. The molecule has 0 atom stereocenters. The zero-order chi connectivity index (χ0) is 11.4. The number of hydrogen-bond donors (Lipinski definition) is 0. The summed E-state index contributed by atoms with van der Waals surface area (Å²) in [4.78, 5) is 18.8. The normalized spacial score (nSPS) is 10.6. The van der Waals surface area contributed by atoms with Gasteiger partial charge in [0.25, 0.3) is 0 Å². The van der Waals surface area contributed by atoms with Crippen molar-refractivity contribution in [2.24, 2.45) is 0 Å². The highest BCUT2D eigenvalue weighted by Crippen LogP contribution is 2.02. The predicted octanol–water partition coefficient (Wildman–Crippen LogP) is 0.745. The summed E-state index contributed by atoms with van der Waals surface area (Å²) in [5.74, 6) is 1.24. The smallest absolute Gasteiger partial charge is 0.185 e. The average Bonchev–Trinajstić information content (AvgIpc) is 2.89. The summed E-state index contributed by atoms with van der Waals surface area (Å²) >= 11 is 0. The van der Waals surface area contributed by atoms with Gasteiger partial charge in [-0.25, -0.2) is 14.6 Å². The molecule has 2 rings (SSSR count). The minimum Gasteiger partial charge on any atom is -0.321 e. The summed E-state index contributed by atoms with van der Waals surface area (Å²) in [6.45, 7) is 3.44. The number of imidazole rings is 1. The number of nitrogens with zero attached hydrogens (tertiary/aromatic N) is 5. The third-order valence-electron chi connectivity index (χ3n) is 2.30. The summed E-state index contributed by atoms with van der Waals surface area (Å²) in [7, 11) is 0. The van der Waals surface area contributed by atoms with Crippen molar-refractivity contribution in [3.05, 3.63) is 30.4 Å². The standard InChI is InChI=1S/C10H13N5O/c1-2-4-15-9(12-8-13-15)6-14-5-3-11-10(14)7-16/h3,5,7-8H,2,4,6H2,1H3. The molecule has 0 amide bonds. The minimum atomic E-state index is 0.408. The van der Waals surface area contributed by atoms with Crippen LogP contribution in [0.1, 0.15) is 29.8 Å². The molecule has 2 heterocycles. The lowest BCUT2D eigenvalue weighted by Gasteiger charge is -2.05. The lowest BCUT2D eigenvalue weighted by Crippen LogP contribution is -2.11. The van der Waals surface area contributed by atoms with E-state index in [1.54, 1.807) is 17.0 Å². The maximum atomic E-state index is 10.7. The van der Waals surface area contributed by atoms with Gasteiger partial charge in [-0.15, -0.1) is 0 Å². The van der Waals surface area contributed by atoms with Crippen molar-refractivity contribution in [2.45, 2.75) is 26.4 Å². The van der Waals surface area contributed by atoms with Crippen molar-refractivity contribution in [3.8, 4) is 0 Å². The van der Waals surface area contributed by atoms with E-state index >= 15 is 0 Å². The van der Waals surface area contributed by atoms with Crippen molar-refractivity contribution in [1.29, 1.82) is 0 Å². The molecule has 2 aromatic rings. The van der Waals surface area contributed by atoms with Crippen LogP contribution in [0.3, 0.4) is 0 Å². The molecular formula is C10H13N5O. The number of rotatable bonds is 5. The van der Waals surface area contributed by atoms with Crippen molar-refractivity contribution in [1.82, 2.24) is 24.3 Å². The first-order valence-electron chi connectivity index (χ1n) is 5.18. The van der Waals surface area contributed by atoms with Crippen LogP contribution in [0.15, 0.2) is 18.7 Å². The molecule has 0 fully saturated rings. The van der Waals surface area contributed by atoms with E-state index in [-0.39, 0.29) is 0 Å². The molecule has 84 valence electrons. The Morgan fingerprint density at radius 2 is 2.31 bits per heavy atom. The molecule has 16 heavy (non-hydrogen) atoms. The molecule has 0 spiro atoms. The van der Waals surface area contributed by atoms with Gasteiger partial charge >= 0.3 is 0 Å². The quantitative estimate of drug-likeness (QED) is 0.696. The number of carbonyl (C=O) groups excluding carboxylic acids is 1. The summed E-state index contributed by atoms with van der Waals surface area (Å²) in [5.41, 5.74) is 0. The van der Waals surface area contributed by atoms with Gasteiger partial charge in [-0.3, -0.25) is 4.79 Å². The van der Waals surface area contributed by atoms with Crippen molar-refractivity contribution < 1.29 is 4.79 Å². The molecule has 0 aliphatic rings. The Balaban J connectivity index is 2.20. The van der Waals surface area contributed by atoms with E-state index in [0.29, 0.717) is 12.4 Å². The first-order chi connectivity index (χ1) is 7.85. The first-order valence-corrected chi connectivity index (χ1v) is 5.18. The fourth-order valence-corrected chi connectivity index (χ4v) is 1.53. The van der Waals surface area contributed by atoms with Gasteiger partial charge in [-0.2, -0.15) is 5.10 Å². The zero-order valence-electron chi connectivity index (χ0n) is 9.08. The van der Waals surface area contributed by atoms with Gasteiger partial charge in [0.1, 0.15) is 12.2 Å². The molecule has 0 unspecified atom stereocenters. The van der Waals surface area contributed by atoms with Crippen LogP contribution in [-0.4, -0.2) is 30.6 Å². The van der Waals surface area contributed by atoms with Gasteiger partial charge in [0.15, 0.2) is 12.1 Å². The van der Waals surface area contributed by atoms with E-state index in [2.05, 4.69) is 22.0 Å². The highest BCUT2D eigenvalue weighted by atomic mass is 16.1. The van der Waals surface area contributed by atoms with Crippen LogP contribution in [0, 0.1) is 0 Å². The van der Waals surface area contributed by atoms with Crippen LogP contribution >= 0.6 is 0 Å². The molecule has 0 saturated carbocycles. The second-order valence-electron chi connectivity index (χ2n) is 3.43. The lowest BCUT2D eigenvalue weighted by molar-refractivity contribution is 0.111. The van der Waals surface area contributed by atoms with Gasteiger partial charge in [-0.05, 0) is 6.42 Å². The van der Waals surface area contributed by atoms with Crippen LogP contribution < -0.4 is 0 Å². The van der Waals surface area contributed by atoms with Gasteiger partial charge < -0.3 is 4.57 Å². The molecule has 6 nitrogen and oxygen atoms in total. The predicted molar refractivity (Wildman–Crippen MR) is 57.0 cm³/mol. The second kappa shape index (κ2) is 4.69. The Morgan fingerprint density at radius 1 is 1.44 bits per heavy atom. The molecule has 0 N–H and O–H groups in total. The average molecular weight is 219 g/mol. The Kier molecular flexibility index (Phi) is 3.09. The molecule has 2 aromatic heterocycles. The molecular weight excluding hydrogens is 206 g/mol. The summed E-state index contributed by atoms with van der Waals surface area (Å²) in [6, 6.07) is 0. The Bertz CT molecular complexity index is 473. The fraction of sp³-hybridized carbons (Fsp3) is 0.400. The molecule has 6 heteroatoms. The van der Waals surface area contributed by atoms with E-state index in [4.69, 9.17) is 0 Å². The van der Waals surface area contributed by atoms with Gasteiger partial charge in [0.2, 0.25) is 0 Å². The fourth-order valence-electron chi connectivity index (χ4n) is 1.53. The highest BCUT2D eigenvalue weighted by Gasteiger charge is 2.07. The van der Waals surface area contributed by atoms with Gasteiger partial charge in [0, 0.05) is 18.9 Å². The van der Waals surface area contributed by atoms with Crippen molar-refractivity contribution in [2.75, 3.05) is 0 Å². The van der Waals surface area contributed by atoms with Crippen molar-refractivity contribution >= 4 is 6.29 Å². The second-order valence-corrected chi connectivity index (χ2v) is 3.43. The number of aldehydes is 1. The molecule has 0 radical (unpaired) electrons. The SMILES string of the molecule is CCCn1ncnc1Cn1ccnc1C=O. The minimum absolute atomic E-state index is 0.408. The summed E-state index contributed by atoms with van der Waals surface area (Å²) in [5, 5.41) is 4.13. The number of aromatic nitrogens is 5. The van der Waals surface area contributed by atoms with E-state index in [1.807, 2.05) is 4.68 Å². The Morgan fingerprint density at radius 3 is 3.06 bits per heavy atom. The largest absolute Gasteiger partial charge is 0.321 e. The van der Waals surface area contributed by atoms with E-state index in [0.717, 1.165) is 25.1 Å². The highest BCUT2D eigenvalue weighted by molar-refractivity contribution is 5.69. The summed E-state index contributed by atoms with van der Waals surface area (Å²) < 4.78 is 3.59. The zero-order valence-corrected chi connectivity index (χ0v) is 9.08. The Hall–Kier alpha value is -1.98. The number of hydrogen-bond acceptors (Lipinski definition) is 4. The topological polar surface area (TPSA) is 65.6 Å². The summed E-state index contributed by atoms with van der Waals surface area (Å²) in [6.07, 6.45) is 6.63. The van der Waals surface area contributed by atoms with Crippen LogP contribution in [0.2, 0.25) is 0 Å². The third kappa shape index (κ3) is 2.00. The van der Waals surface area contributed by atoms with Crippen LogP contribution in [0.4, 0.5) is 0 Å². The molecule has 0 bridgehead atoms. The van der Waals surface area contributed by atoms with Gasteiger partial charge in [0.05, 0.1) is 6.54 Å². The molecule has 0 saturated heterocycles. The number of aryl methyl sites for hydroxylation is 1. The first kappa shape index (κ1) is 10.5. The molecule has 0 aliphatic carbocycles. The third-order valence-corrected chi connectivity index (χ3v) is 2.30. The molecule has 0 aliphatic heterocycles. The van der Waals surface area contributed by atoms with Crippen LogP contribution in [0.25, 0.3) is 0 Å². The number of carbonyl (C=O) groups is 1. The van der Waals surface area contributed by atoms with E-state index in [9.17, 15) is 4.79 Å². The van der Waals surface area contributed by atoms with E-state index in [1.165, 1.54) is 6.33 Å². The Labute approximate surface area is 92.9 Å². The van der Waals surface area contributed by atoms with Crippen LogP contribution in [0.5, 0.6) is 0 Å². The lowest BCUT2D eigenvalue weighted by atomic mass is 10.4. The van der Waals surface area contributed by atoms with E-state index < -0.39 is 0 Å². The molecule has 0 aromatic carbocycles. The van der Waals surface area contributed by atoms with Gasteiger partial charge in [-0.1, -0.05) is 6.92 Å². The maximum absolute atomic E-state index is 10.7. The van der Waals surface area contributed by atoms with Crippen molar-refractivity contribution in [3.63, 3.8) is 0 Å². The van der Waals surface area contributed by atoms with Crippen LogP contribution in [-0.2, 0) is 13.1 Å².